The number of anilines is 1. The van der Waals surface area contributed by atoms with Crippen molar-refractivity contribution in [3.05, 3.63) is 23.9 Å². The Bertz CT molecular complexity index is 304. The first-order valence-electron chi connectivity index (χ1n) is 4.99. The topological polar surface area (TPSA) is 36.4 Å². The fourth-order valence-electron chi connectivity index (χ4n) is 1.25. The van der Waals surface area contributed by atoms with Gasteiger partial charge < -0.3 is 10.0 Å². The fraction of sp³-hybridized carbons (Fsp3) is 0.545. The van der Waals surface area contributed by atoms with Crippen molar-refractivity contribution < 1.29 is 5.11 Å². The summed E-state index contributed by atoms with van der Waals surface area (Å²) >= 11 is 1.82. The van der Waals surface area contributed by atoms with E-state index in [1.807, 2.05) is 30.9 Å². The first kappa shape index (κ1) is 12.3. The second-order valence-corrected chi connectivity index (χ2v) is 4.52. The van der Waals surface area contributed by atoms with Crippen LogP contribution in [0.4, 0.5) is 5.82 Å². The van der Waals surface area contributed by atoms with Gasteiger partial charge >= 0.3 is 0 Å². The number of pyridine rings is 1. The molecule has 0 unspecified atom stereocenters. The summed E-state index contributed by atoms with van der Waals surface area (Å²) in [5.74, 6) is 2.00. The molecule has 0 saturated carbocycles. The molecular weight excluding hydrogens is 208 g/mol. The SMILES string of the molecule is CSCCN(C)c1cc([C@@H](C)O)ccn1. The molecule has 0 radical (unpaired) electrons. The van der Waals surface area contributed by atoms with Crippen LogP contribution >= 0.6 is 11.8 Å². The summed E-state index contributed by atoms with van der Waals surface area (Å²) in [6, 6.07) is 3.78. The lowest BCUT2D eigenvalue weighted by atomic mass is 10.2. The summed E-state index contributed by atoms with van der Waals surface area (Å²) in [5, 5.41) is 9.46. The molecule has 1 atom stereocenters. The maximum absolute atomic E-state index is 9.46. The number of aliphatic hydroxyl groups excluding tert-OH is 1. The summed E-state index contributed by atoms with van der Waals surface area (Å²) in [6.07, 6.45) is 3.40. The highest BCUT2D eigenvalue weighted by atomic mass is 32.2. The molecule has 4 heteroatoms. The highest BCUT2D eigenvalue weighted by Crippen LogP contribution is 2.16. The van der Waals surface area contributed by atoms with Crippen LogP contribution in [-0.4, -0.2) is 35.7 Å². The van der Waals surface area contributed by atoms with Crippen molar-refractivity contribution in [3.8, 4) is 0 Å². The van der Waals surface area contributed by atoms with Crippen molar-refractivity contribution in [2.45, 2.75) is 13.0 Å². The van der Waals surface area contributed by atoms with Gasteiger partial charge in [-0.3, -0.25) is 0 Å². The molecule has 1 aromatic rings. The van der Waals surface area contributed by atoms with Crippen LogP contribution in [0.3, 0.4) is 0 Å². The number of aromatic nitrogens is 1. The van der Waals surface area contributed by atoms with Gasteiger partial charge in [0.2, 0.25) is 0 Å². The van der Waals surface area contributed by atoms with Crippen LogP contribution in [0.5, 0.6) is 0 Å². The summed E-state index contributed by atoms with van der Waals surface area (Å²) in [7, 11) is 2.02. The van der Waals surface area contributed by atoms with Crippen LogP contribution in [0, 0.1) is 0 Å². The third-order valence-corrected chi connectivity index (χ3v) is 2.86. The minimum Gasteiger partial charge on any atom is -0.389 e. The Hall–Kier alpha value is -0.740. The summed E-state index contributed by atoms with van der Waals surface area (Å²) in [4.78, 5) is 6.38. The Morgan fingerprint density at radius 2 is 2.33 bits per heavy atom. The zero-order chi connectivity index (χ0) is 11.3. The van der Waals surface area contributed by atoms with Crippen LogP contribution < -0.4 is 4.90 Å². The van der Waals surface area contributed by atoms with E-state index in [1.54, 1.807) is 13.1 Å². The Kier molecular flexibility index (Phi) is 4.91. The highest BCUT2D eigenvalue weighted by molar-refractivity contribution is 7.98. The zero-order valence-electron chi connectivity index (χ0n) is 9.47. The smallest absolute Gasteiger partial charge is 0.128 e. The molecule has 0 spiro atoms. The minimum absolute atomic E-state index is 0.430. The van der Waals surface area contributed by atoms with Gasteiger partial charge in [-0.15, -0.1) is 0 Å². The molecule has 0 saturated heterocycles. The third kappa shape index (κ3) is 3.72. The molecule has 15 heavy (non-hydrogen) atoms. The summed E-state index contributed by atoms with van der Waals surface area (Å²) < 4.78 is 0. The molecule has 1 rings (SSSR count). The van der Waals surface area contributed by atoms with Crippen molar-refractivity contribution in [2.75, 3.05) is 30.5 Å². The molecule has 1 N–H and O–H groups in total. The third-order valence-electron chi connectivity index (χ3n) is 2.27. The zero-order valence-corrected chi connectivity index (χ0v) is 10.3. The molecule has 0 aliphatic heterocycles. The maximum Gasteiger partial charge on any atom is 0.128 e. The van der Waals surface area contributed by atoms with Gasteiger partial charge in [-0.1, -0.05) is 0 Å². The van der Waals surface area contributed by atoms with Crippen LogP contribution in [0.2, 0.25) is 0 Å². The first-order chi connectivity index (χ1) is 7.15. The van der Waals surface area contributed by atoms with Crippen LogP contribution in [0.25, 0.3) is 0 Å². The van der Waals surface area contributed by atoms with E-state index in [9.17, 15) is 5.11 Å². The maximum atomic E-state index is 9.46. The summed E-state index contributed by atoms with van der Waals surface area (Å²) in [5.41, 5.74) is 0.913. The van der Waals surface area contributed by atoms with E-state index in [0.29, 0.717) is 0 Å². The van der Waals surface area contributed by atoms with Crippen LogP contribution in [0.15, 0.2) is 18.3 Å². The van der Waals surface area contributed by atoms with Gasteiger partial charge in [-0.2, -0.15) is 11.8 Å². The number of hydrogen-bond acceptors (Lipinski definition) is 4. The van der Waals surface area contributed by atoms with Crippen LogP contribution in [0.1, 0.15) is 18.6 Å². The average Bonchev–Trinajstić information content (AvgIpc) is 2.26. The average molecular weight is 226 g/mol. The normalized spacial score (nSPS) is 12.5. The van der Waals surface area contributed by atoms with Gasteiger partial charge in [0.15, 0.2) is 0 Å². The quantitative estimate of drug-likeness (QED) is 0.832. The predicted octanol–water partition coefficient (Wildman–Crippen LogP) is 1.93. The Balaban J connectivity index is 2.71. The van der Waals surface area contributed by atoms with Gasteiger partial charge in [0.25, 0.3) is 0 Å². The van der Waals surface area contributed by atoms with Gasteiger partial charge in [-0.05, 0) is 30.9 Å². The molecule has 1 aromatic heterocycles. The lowest BCUT2D eigenvalue weighted by Crippen LogP contribution is -2.21. The van der Waals surface area contributed by atoms with Crippen LogP contribution in [-0.2, 0) is 0 Å². The lowest BCUT2D eigenvalue weighted by molar-refractivity contribution is 0.199. The number of rotatable bonds is 5. The van der Waals surface area contributed by atoms with Gasteiger partial charge in [-0.25, -0.2) is 4.98 Å². The van der Waals surface area contributed by atoms with E-state index < -0.39 is 6.10 Å². The molecule has 0 fully saturated rings. The second kappa shape index (κ2) is 5.98. The molecule has 1 heterocycles. The van der Waals surface area contributed by atoms with E-state index in [1.165, 1.54) is 0 Å². The summed E-state index contributed by atoms with van der Waals surface area (Å²) in [6.45, 7) is 2.73. The monoisotopic (exact) mass is 226 g/mol. The van der Waals surface area contributed by atoms with E-state index in [2.05, 4.69) is 16.1 Å². The molecule has 0 aliphatic carbocycles. The Morgan fingerprint density at radius 1 is 1.60 bits per heavy atom. The lowest BCUT2D eigenvalue weighted by Gasteiger charge is -2.18. The van der Waals surface area contributed by atoms with Crippen molar-refractivity contribution in [2.24, 2.45) is 0 Å². The predicted molar refractivity (Wildman–Crippen MR) is 66.5 cm³/mol. The van der Waals surface area contributed by atoms with E-state index in [0.717, 1.165) is 23.7 Å². The second-order valence-electron chi connectivity index (χ2n) is 3.54. The number of nitrogens with zero attached hydrogens (tertiary/aromatic N) is 2. The molecule has 84 valence electrons. The number of aliphatic hydroxyl groups is 1. The molecular formula is C11H18N2OS. The standard InChI is InChI=1S/C11H18N2OS/c1-9(14)10-4-5-12-11(8-10)13(2)6-7-15-3/h4-5,8-9,14H,6-7H2,1-3H3/t9-/m1/s1. The first-order valence-corrected chi connectivity index (χ1v) is 6.38. The number of hydrogen-bond donors (Lipinski definition) is 1. The van der Waals surface area contributed by atoms with Crippen molar-refractivity contribution in [1.29, 1.82) is 0 Å². The molecule has 0 aliphatic rings. The molecule has 0 amide bonds. The van der Waals surface area contributed by atoms with E-state index in [4.69, 9.17) is 0 Å². The Labute approximate surface area is 95.5 Å². The van der Waals surface area contributed by atoms with Crippen molar-refractivity contribution in [1.82, 2.24) is 4.98 Å². The van der Waals surface area contributed by atoms with Gasteiger partial charge in [0, 0.05) is 25.5 Å². The minimum atomic E-state index is -0.430. The largest absolute Gasteiger partial charge is 0.389 e. The van der Waals surface area contributed by atoms with Crippen molar-refractivity contribution >= 4 is 17.6 Å². The van der Waals surface area contributed by atoms with Gasteiger partial charge in [0.05, 0.1) is 6.10 Å². The fourth-order valence-corrected chi connectivity index (χ4v) is 1.70. The number of thioether (sulfide) groups is 1. The van der Waals surface area contributed by atoms with E-state index in [-0.39, 0.29) is 0 Å². The highest BCUT2D eigenvalue weighted by Gasteiger charge is 2.05. The van der Waals surface area contributed by atoms with Gasteiger partial charge in [0.1, 0.15) is 5.82 Å². The van der Waals surface area contributed by atoms with Crippen molar-refractivity contribution in [3.63, 3.8) is 0 Å². The molecule has 0 aromatic carbocycles. The molecule has 3 nitrogen and oxygen atoms in total. The van der Waals surface area contributed by atoms with E-state index >= 15 is 0 Å². The molecule has 0 bridgehead atoms. The Morgan fingerprint density at radius 3 is 2.93 bits per heavy atom.